The summed E-state index contributed by atoms with van der Waals surface area (Å²) in [7, 11) is 0. The van der Waals surface area contributed by atoms with Crippen LogP contribution in [0.1, 0.15) is 34.7 Å². The van der Waals surface area contributed by atoms with E-state index >= 15 is 0 Å². The van der Waals surface area contributed by atoms with Crippen LogP contribution in [-0.2, 0) is 17.8 Å². The van der Waals surface area contributed by atoms with Crippen LogP contribution in [0.2, 0.25) is 0 Å². The van der Waals surface area contributed by atoms with Crippen LogP contribution in [0, 0.1) is 0 Å². The Bertz CT molecular complexity index is 2280. The molecule has 1 unspecified atom stereocenters. The number of carbonyl (C=O) groups is 1. The van der Waals surface area contributed by atoms with Gasteiger partial charge in [-0.1, -0.05) is 102 Å². The zero-order valence-corrected chi connectivity index (χ0v) is 24.6. The lowest BCUT2D eigenvalue weighted by Gasteiger charge is -2.30. The normalized spacial score (nSPS) is 15.8. The number of nitrogens with zero attached hydrogens (tertiary/aromatic N) is 3. The van der Waals surface area contributed by atoms with Gasteiger partial charge < -0.3 is 9.88 Å². The van der Waals surface area contributed by atoms with Gasteiger partial charge in [-0.2, -0.15) is 0 Å². The maximum atomic E-state index is 14.2. The zero-order valence-electron chi connectivity index (χ0n) is 23.8. The molecule has 1 N–H and O–H groups in total. The second-order valence-electron chi connectivity index (χ2n) is 11.2. The van der Waals surface area contributed by atoms with Crippen LogP contribution in [0.15, 0.2) is 131 Å². The molecule has 8 rings (SSSR count). The lowest BCUT2D eigenvalue weighted by molar-refractivity contribution is -0.116. The van der Waals surface area contributed by atoms with Crippen molar-refractivity contribution in [3.8, 4) is 0 Å². The SMILES string of the molecule is O=C(Cn1cc(/C=c2/sc3n(c2=O)C(c2ccccc2)C2=C(N=3)c3ccccc3CC2)c2ccccc21)Nc1ccccc1. The summed E-state index contributed by atoms with van der Waals surface area (Å²) >= 11 is 1.42. The molecule has 0 saturated heterocycles. The van der Waals surface area contributed by atoms with E-state index in [1.807, 2.05) is 94.2 Å². The van der Waals surface area contributed by atoms with Gasteiger partial charge in [-0.3, -0.25) is 14.2 Å². The third kappa shape index (κ3) is 4.53. The maximum absolute atomic E-state index is 14.2. The molecule has 0 spiro atoms. The van der Waals surface area contributed by atoms with Crippen LogP contribution in [0.3, 0.4) is 0 Å². The number of rotatable bonds is 5. The molecule has 1 aliphatic carbocycles. The summed E-state index contributed by atoms with van der Waals surface area (Å²) in [5.74, 6) is -0.114. The van der Waals surface area contributed by atoms with E-state index in [4.69, 9.17) is 4.99 Å². The second kappa shape index (κ2) is 10.8. The topological polar surface area (TPSA) is 68.4 Å². The fourth-order valence-electron chi connectivity index (χ4n) is 6.50. The predicted octanol–water partition coefficient (Wildman–Crippen LogP) is 5.91. The quantitative estimate of drug-likeness (QED) is 0.270. The Morgan fingerprint density at radius 3 is 2.45 bits per heavy atom. The highest BCUT2D eigenvalue weighted by molar-refractivity contribution is 7.07. The van der Waals surface area contributed by atoms with Crippen LogP contribution in [0.25, 0.3) is 22.7 Å². The largest absolute Gasteiger partial charge is 0.337 e. The van der Waals surface area contributed by atoms with Gasteiger partial charge in [0.15, 0.2) is 4.80 Å². The minimum atomic E-state index is -0.207. The fourth-order valence-corrected chi connectivity index (χ4v) is 7.49. The summed E-state index contributed by atoms with van der Waals surface area (Å²) in [5, 5.41) is 3.95. The number of para-hydroxylation sites is 2. The number of amides is 1. The highest BCUT2D eigenvalue weighted by Crippen LogP contribution is 2.41. The Balaban J connectivity index is 1.25. The molecule has 6 aromatic rings. The molecule has 6 nitrogen and oxygen atoms in total. The summed E-state index contributed by atoms with van der Waals surface area (Å²) < 4.78 is 4.44. The Kier molecular flexibility index (Phi) is 6.46. The number of allylic oxidation sites excluding steroid dienone is 1. The van der Waals surface area contributed by atoms with E-state index in [9.17, 15) is 9.59 Å². The first kappa shape index (κ1) is 26.4. The van der Waals surface area contributed by atoms with Gasteiger partial charge in [-0.05, 0) is 53.8 Å². The molecule has 3 heterocycles. The number of anilines is 1. The van der Waals surface area contributed by atoms with Gasteiger partial charge >= 0.3 is 0 Å². The Hall–Kier alpha value is -5.27. The van der Waals surface area contributed by atoms with Crippen LogP contribution in [-0.4, -0.2) is 15.0 Å². The molecule has 44 heavy (non-hydrogen) atoms. The van der Waals surface area contributed by atoms with Gasteiger partial charge in [0.2, 0.25) is 5.91 Å². The first-order valence-electron chi connectivity index (χ1n) is 14.7. The van der Waals surface area contributed by atoms with Crippen molar-refractivity contribution < 1.29 is 4.79 Å². The average Bonchev–Trinajstić information content (AvgIpc) is 3.56. The van der Waals surface area contributed by atoms with Crippen molar-refractivity contribution in [1.82, 2.24) is 9.13 Å². The maximum Gasteiger partial charge on any atom is 0.271 e. The van der Waals surface area contributed by atoms with E-state index in [2.05, 4.69) is 41.7 Å². The van der Waals surface area contributed by atoms with Crippen LogP contribution < -0.4 is 20.2 Å². The van der Waals surface area contributed by atoms with E-state index in [1.165, 1.54) is 22.5 Å². The van der Waals surface area contributed by atoms with E-state index in [1.54, 1.807) is 0 Å². The van der Waals surface area contributed by atoms with Gasteiger partial charge in [0.05, 0.1) is 16.3 Å². The van der Waals surface area contributed by atoms with Crippen LogP contribution in [0.4, 0.5) is 5.69 Å². The summed E-state index contributed by atoms with van der Waals surface area (Å²) in [6.45, 7) is 0.157. The number of carbonyl (C=O) groups excluding carboxylic acids is 1. The number of benzene rings is 4. The molecule has 1 atom stereocenters. The van der Waals surface area contributed by atoms with Crippen molar-refractivity contribution in [3.63, 3.8) is 0 Å². The number of thiazole rings is 1. The molecule has 1 aliphatic heterocycles. The van der Waals surface area contributed by atoms with Gasteiger partial charge in [0.1, 0.15) is 6.54 Å². The first-order chi connectivity index (χ1) is 21.6. The lowest BCUT2D eigenvalue weighted by atomic mass is 9.83. The molecule has 0 fully saturated rings. The van der Waals surface area contributed by atoms with E-state index in [0.29, 0.717) is 9.33 Å². The molecule has 2 aromatic heterocycles. The predicted molar refractivity (Wildman–Crippen MR) is 176 cm³/mol. The fraction of sp³-hybridized carbons (Fsp3) is 0.108. The lowest BCUT2D eigenvalue weighted by Crippen LogP contribution is -2.38. The molecule has 1 amide bonds. The standard InChI is InChI=1S/C37H28N4O2S/c42-33(38-27-14-5-2-6-15-27)23-40-22-26(28-16-9-10-18-31(28)40)21-32-36(43)41-35(25-12-3-1-4-13-25)30-20-19-24-11-7-8-17-29(24)34(30)39-37(41)44-32/h1-18,21-22,35H,19-20,23H2,(H,38,42)/b32-21+. The van der Waals surface area contributed by atoms with E-state index < -0.39 is 0 Å². The molecule has 2 aliphatic rings. The molecule has 7 heteroatoms. The van der Waals surface area contributed by atoms with Crippen molar-refractivity contribution in [2.75, 3.05) is 5.32 Å². The number of nitrogens with one attached hydrogen (secondary N) is 1. The second-order valence-corrected chi connectivity index (χ2v) is 12.2. The smallest absolute Gasteiger partial charge is 0.271 e. The Morgan fingerprint density at radius 1 is 0.886 bits per heavy atom. The van der Waals surface area contributed by atoms with Crippen molar-refractivity contribution in [1.29, 1.82) is 0 Å². The highest BCUT2D eigenvalue weighted by Gasteiger charge is 2.32. The Labute approximate surface area is 257 Å². The number of hydrogen-bond donors (Lipinski definition) is 1. The number of aryl methyl sites for hydroxylation is 1. The van der Waals surface area contributed by atoms with Gasteiger partial charge in [0.25, 0.3) is 5.56 Å². The highest BCUT2D eigenvalue weighted by atomic mass is 32.1. The summed E-state index contributed by atoms with van der Waals surface area (Å²) in [6, 6.07) is 36.0. The molecule has 0 saturated carbocycles. The summed E-state index contributed by atoms with van der Waals surface area (Å²) in [5.41, 5.74) is 8.26. The van der Waals surface area contributed by atoms with Crippen molar-refractivity contribution in [3.05, 3.63) is 163 Å². The van der Waals surface area contributed by atoms with Crippen LogP contribution in [0.5, 0.6) is 0 Å². The molecule has 0 bridgehead atoms. The van der Waals surface area contributed by atoms with Gasteiger partial charge in [-0.25, -0.2) is 4.99 Å². The van der Waals surface area contributed by atoms with Crippen molar-refractivity contribution in [2.24, 2.45) is 4.99 Å². The monoisotopic (exact) mass is 592 g/mol. The summed E-state index contributed by atoms with van der Waals surface area (Å²) in [4.78, 5) is 33.0. The molecular formula is C37H28N4O2S. The molecule has 4 aromatic carbocycles. The summed E-state index contributed by atoms with van der Waals surface area (Å²) in [6.07, 6.45) is 5.70. The van der Waals surface area contributed by atoms with E-state index in [-0.39, 0.29) is 24.1 Å². The van der Waals surface area contributed by atoms with Crippen LogP contribution >= 0.6 is 11.3 Å². The first-order valence-corrected chi connectivity index (χ1v) is 15.6. The van der Waals surface area contributed by atoms with Gasteiger partial charge in [-0.15, -0.1) is 0 Å². The third-order valence-corrected chi connectivity index (χ3v) is 9.45. The zero-order chi connectivity index (χ0) is 29.6. The minimum Gasteiger partial charge on any atom is -0.337 e. The number of fused-ring (bicyclic) bond motifs is 4. The van der Waals surface area contributed by atoms with Crippen molar-refractivity contribution >= 4 is 45.6 Å². The number of hydrogen-bond acceptors (Lipinski definition) is 4. The van der Waals surface area contributed by atoms with Crippen molar-refractivity contribution in [2.45, 2.75) is 25.4 Å². The third-order valence-electron chi connectivity index (χ3n) is 8.47. The number of aromatic nitrogens is 2. The average molecular weight is 593 g/mol. The minimum absolute atomic E-state index is 0.0494. The molecule has 0 radical (unpaired) electrons. The molecule has 214 valence electrons. The van der Waals surface area contributed by atoms with E-state index in [0.717, 1.165) is 51.8 Å². The Morgan fingerprint density at radius 2 is 1.61 bits per heavy atom. The van der Waals surface area contributed by atoms with Gasteiger partial charge in [0, 0.05) is 33.9 Å². The molecular weight excluding hydrogens is 565 g/mol.